The van der Waals surface area contributed by atoms with Crippen LogP contribution in [0.5, 0.6) is 0 Å². The molecule has 1 N–H and O–H groups in total. The molecule has 0 fully saturated rings. The summed E-state index contributed by atoms with van der Waals surface area (Å²) in [6.45, 7) is 5.07. The normalized spacial score (nSPS) is 10.8. The van der Waals surface area contributed by atoms with Gasteiger partial charge < -0.3 is 10.1 Å². The van der Waals surface area contributed by atoms with E-state index in [1.54, 1.807) is 39.0 Å². The van der Waals surface area contributed by atoms with Crippen LogP contribution in [0.4, 0.5) is 5.13 Å². The molecule has 9 heteroatoms. The van der Waals surface area contributed by atoms with Gasteiger partial charge in [0.1, 0.15) is 17.1 Å². The number of esters is 1. The first kappa shape index (κ1) is 18.7. The van der Waals surface area contributed by atoms with Crippen LogP contribution in [-0.4, -0.2) is 33.0 Å². The number of nitrogens with zero attached hydrogens (tertiary/aromatic N) is 3. The molecule has 3 rings (SSSR count). The Labute approximate surface area is 158 Å². The number of carbonyl (C=O) groups excluding carboxylic acids is 2. The largest absolute Gasteiger partial charge is 0.462 e. The average Bonchev–Trinajstić information content (AvgIpc) is 2.99. The molecule has 0 aliphatic rings. The first-order chi connectivity index (χ1) is 12.9. The van der Waals surface area contributed by atoms with Gasteiger partial charge in [0.25, 0.3) is 5.56 Å². The molecule has 2 heterocycles. The number of para-hydroxylation sites is 2. The number of rotatable bonds is 5. The standard InChI is InChI=1S/C18H18N4O4S/c1-4-26-17(25)15-10(2)20-18(27-15)21-14(23)9-22-13-8-6-5-7-12(13)19-11(3)16(22)24/h5-8H,4,9H2,1-3H3,(H,20,21,23). The molecular weight excluding hydrogens is 368 g/mol. The van der Waals surface area contributed by atoms with Crippen LogP contribution in [0, 0.1) is 13.8 Å². The van der Waals surface area contributed by atoms with Crippen molar-refractivity contribution in [2.45, 2.75) is 27.3 Å². The quantitative estimate of drug-likeness (QED) is 0.675. The second-order valence-corrected chi connectivity index (χ2v) is 6.78. The van der Waals surface area contributed by atoms with Crippen molar-refractivity contribution in [1.82, 2.24) is 14.5 Å². The van der Waals surface area contributed by atoms with Gasteiger partial charge >= 0.3 is 5.97 Å². The van der Waals surface area contributed by atoms with Gasteiger partial charge in [-0.1, -0.05) is 23.5 Å². The fourth-order valence-electron chi connectivity index (χ4n) is 2.62. The number of anilines is 1. The van der Waals surface area contributed by atoms with E-state index in [0.717, 1.165) is 11.3 Å². The van der Waals surface area contributed by atoms with Crippen LogP contribution in [0.2, 0.25) is 0 Å². The third kappa shape index (κ3) is 3.87. The molecule has 27 heavy (non-hydrogen) atoms. The minimum absolute atomic E-state index is 0.184. The molecule has 2 aromatic heterocycles. The SMILES string of the molecule is CCOC(=O)c1sc(NC(=O)Cn2c(=O)c(C)nc3ccccc32)nc1C. The number of hydrogen-bond donors (Lipinski definition) is 1. The highest BCUT2D eigenvalue weighted by Crippen LogP contribution is 2.23. The zero-order chi connectivity index (χ0) is 19.6. The second kappa shape index (κ2) is 7.67. The molecule has 0 saturated heterocycles. The lowest BCUT2D eigenvalue weighted by molar-refractivity contribution is -0.116. The lowest BCUT2D eigenvalue weighted by Gasteiger charge is -2.10. The molecule has 1 aromatic carbocycles. The van der Waals surface area contributed by atoms with Crippen LogP contribution in [-0.2, 0) is 16.1 Å². The molecule has 0 aliphatic carbocycles. The summed E-state index contributed by atoms with van der Waals surface area (Å²) in [6, 6.07) is 7.12. The van der Waals surface area contributed by atoms with Gasteiger partial charge in [0.05, 0.1) is 23.3 Å². The molecule has 0 saturated carbocycles. The molecular formula is C18H18N4O4S. The maximum Gasteiger partial charge on any atom is 0.350 e. The molecule has 0 aliphatic heterocycles. The predicted molar refractivity (Wildman–Crippen MR) is 102 cm³/mol. The summed E-state index contributed by atoms with van der Waals surface area (Å²) < 4.78 is 6.34. The lowest BCUT2D eigenvalue weighted by Crippen LogP contribution is -2.30. The van der Waals surface area contributed by atoms with E-state index in [4.69, 9.17) is 4.74 Å². The summed E-state index contributed by atoms with van der Waals surface area (Å²) in [7, 11) is 0. The number of amides is 1. The highest BCUT2D eigenvalue weighted by molar-refractivity contribution is 7.17. The van der Waals surface area contributed by atoms with Crippen molar-refractivity contribution >= 4 is 39.4 Å². The van der Waals surface area contributed by atoms with Crippen LogP contribution in [0.1, 0.15) is 28.0 Å². The Hall–Kier alpha value is -3.07. The van der Waals surface area contributed by atoms with E-state index >= 15 is 0 Å². The fourth-order valence-corrected chi connectivity index (χ4v) is 3.49. The maximum atomic E-state index is 12.5. The number of ether oxygens (including phenoxy) is 1. The number of aromatic nitrogens is 3. The molecule has 0 unspecified atom stereocenters. The van der Waals surface area contributed by atoms with Gasteiger partial charge in [-0.15, -0.1) is 0 Å². The molecule has 3 aromatic rings. The second-order valence-electron chi connectivity index (χ2n) is 5.78. The fraction of sp³-hybridized carbons (Fsp3) is 0.278. The van der Waals surface area contributed by atoms with Crippen molar-refractivity contribution in [3.63, 3.8) is 0 Å². The highest BCUT2D eigenvalue weighted by atomic mass is 32.1. The van der Waals surface area contributed by atoms with E-state index in [1.807, 2.05) is 6.07 Å². The summed E-state index contributed by atoms with van der Waals surface area (Å²) >= 11 is 1.04. The van der Waals surface area contributed by atoms with E-state index in [9.17, 15) is 14.4 Å². The number of hydrogen-bond acceptors (Lipinski definition) is 7. The van der Waals surface area contributed by atoms with Gasteiger partial charge in [0, 0.05) is 0 Å². The number of thiazole rings is 1. The highest BCUT2D eigenvalue weighted by Gasteiger charge is 2.18. The van der Waals surface area contributed by atoms with Gasteiger partial charge in [-0.3, -0.25) is 14.2 Å². The first-order valence-corrected chi connectivity index (χ1v) is 9.13. The van der Waals surface area contributed by atoms with Gasteiger partial charge in [0.15, 0.2) is 5.13 Å². The number of nitrogens with one attached hydrogen (secondary N) is 1. The van der Waals surface area contributed by atoms with Crippen molar-refractivity contribution in [2.75, 3.05) is 11.9 Å². The van der Waals surface area contributed by atoms with E-state index in [1.165, 1.54) is 4.57 Å². The molecule has 0 atom stereocenters. The third-order valence-corrected chi connectivity index (χ3v) is 4.87. The van der Waals surface area contributed by atoms with E-state index in [2.05, 4.69) is 15.3 Å². The van der Waals surface area contributed by atoms with Crippen LogP contribution >= 0.6 is 11.3 Å². The summed E-state index contributed by atoms with van der Waals surface area (Å²) in [6.07, 6.45) is 0. The van der Waals surface area contributed by atoms with Crippen molar-refractivity contribution in [2.24, 2.45) is 0 Å². The summed E-state index contributed by atoms with van der Waals surface area (Å²) in [5, 5.41) is 2.92. The summed E-state index contributed by atoms with van der Waals surface area (Å²) in [5.74, 6) is -0.892. The Kier molecular flexibility index (Phi) is 5.31. The van der Waals surface area contributed by atoms with E-state index < -0.39 is 11.9 Å². The van der Waals surface area contributed by atoms with Crippen molar-refractivity contribution in [3.8, 4) is 0 Å². The zero-order valence-electron chi connectivity index (χ0n) is 15.1. The predicted octanol–water partition coefficient (Wildman–Crippen LogP) is 2.29. The number of benzene rings is 1. The van der Waals surface area contributed by atoms with Crippen LogP contribution in [0.15, 0.2) is 29.1 Å². The zero-order valence-corrected chi connectivity index (χ0v) is 15.9. The smallest absolute Gasteiger partial charge is 0.350 e. The number of aryl methyl sites for hydroxylation is 2. The Morgan fingerprint density at radius 1 is 1.19 bits per heavy atom. The van der Waals surface area contributed by atoms with Crippen molar-refractivity contribution in [1.29, 1.82) is 0 Å². The number of fused-ring (bicyclic) bond motifs is 1. The van der Waals surface area contributed by atoms with Crippen LogP contribution < -0.4 is 10.9 Å². The van der Waals surface area contributed by atoms with Gasteiger partial charge in [-0.05, 0) is 32.9 Å². The van der Waals surface area contributed by atoms with Crippen LogP contribution in [0.3, 0.4) is 0 Å². The Balaban J connectivity index is 1.84. The minimum Gasteiger partial charge on any atom is -0.462 e. The van der Waals surface area contributed by atoms with Gasteiger partial charge in [0.2, 0.25) is 5.91 Å². The monoisotopic (exact) mass is 386 g/mol. The topological polar surface area (TPSA) is 103 Å². The van der Waals surface area contributed by atoms with E-state index in [-0.39, 0.29) is 23.8 Å². The molecule has 0 spiro atoms. The average molecular weight is 386 g/mol. The summed E-state index contributed by atoms with van der Waals surface area (Å²) in [4.78, 5) is 45.5. The van der Waals surface area contributed by atoms with Crippen molar-refractivity contribution in [3.05, 3.63) is 50.9 Å². The molecule has 0 bridgehead atoms. The number of carbonyl (C=O) groups is 2. The maximum absolute atomic E-state index is 12.5. The Bertz CT molecular complexity index is 1090. The Morgan fingerprint density at radius 3 is 2.67 bits per heavy atom. The van der Waals surface area contributed by atoms with Gasteiger partial charge in [-0.2, -0.15) is 0 Å². The van der Waals surface area contributed by atoms with Gasteiger partial charge in [-0.25, -0.2) is 14.8 Å². The Morgan fingerprint density at radius 2 is 1.93 bits per heavy atom. The summed E-state index contributed by atoms with van der Waals surface area (Å²) in [5.41, 5.74) is 1.68. The first-order valence-electron chi connectivity index (χ1n) is 8.31. The molecule has 0 radical (unpaired) electrons. The lowest BCUT2D eigenvalue weighted by atomic mass is 10.2. The minimum atomic E-state index is -0.472. The molecule has 8 nitrogen and oxygen atoms in total. The molecule has 140 valence electrons. The van der Waals surface area contributed by atoms with Crippen molar-refractivity contribution < 1.29 is 14.3 Å². The third-order valence-electron chi connectivity index (χ3n) is 3.82. The van der Waals surface area contributed by atoms with Crippen LogP contribution in [0.25, 0.3) is 11.0 Å². The van der Waals surface area contributed by atoms with E-state index in [0.29, 0.717) is 27.3 Å². The molecule has 1 amide bonds.